The minimum absolute atomic E-state index is 0.158. The standard InChI is InChI=1S/C15H8F5N3O2/c16-11-8(7-23-6-2-1-3-10(23)24)4-5-9(12(11)17)13-21-14(25-22-13)15(18,19)20/h1-6H,7H2. The highest BCUT2D eigenvalue weighted by Gasteiger charge is 2.38. The van der Waals surface area contributed by atoms with Crippen LogP contribution in [0.3, 0.4) is 0 Å². The van der Waals surface area contributed by atoms with Crippen molar-refractivity contribution >= 4 is 0 Å². The van der Waals surface area contributed by atoms with E-state index < -0.39 is 40.6 Å². The third-order valence-electron chi connectivity index (χ3n) is 3.31. The van der Waals surface area contributed by atoms with Gasteiger partial charge in [0.25, 0.3) is 5.56 Å². The molecule has 130 valence electrons. The number of hydrogen-bond acceptors (Lipinski definition) is 4. The lowest BCUT2D eigenvalue weighted by molar-refractivity contribution is -0.159. The Morgan fingerprint density at radius 3 is 2.48 bits per heavy atom. The van der Waals surface area contributed by atoms with E-state index in [1.165, 1.54) is 18.3 Å². The molecule has 0 atom stereocenters. The Bertz CT molecular complexity index is 978. The van der Waals surface area contributed by atoms with Gasteiger partial charge in [0.2, 0.25) is 5.82 Å². The van der Waals surface area contributed by atoms with E-state index in [1.807, 2.05) is 0 Å². The second-order valence-electron chi connectivity index (χ2n) is 4.99. The van der Waals surface area contributed by atoms with E-state index in [0.717, 1.165) is 16.7 Å². The monoisotopic (exact) mass is 357 g/mol. The lowest BCUT2D eigenvalue weighted by atomic mass is 10.1. The largest absolute Gasteiger partial charge is 0.471 e. The van der Waals surface area contributed by atoms with Crippen molar-refractivity contribution in [2.24, 2.45) is 0 Å². The van der Waals surface area contributed by atoms with Crippen LogP contribution in [-0.4, -0.2) is 14.7 Å². The van der Waals surface area contributed by atoms with Gasteiger partial charge in [-0.3, -0.25) is 4.79 Å². The van der Waals surface area contributed by atoms with Crippen molar-refractivity contribution in [3.63, 3.8) is 0 Å². The molecule has 0 radical (unpaired) electrons. The molecule has 25 heavy (non-hydrogen) atoms. The molecule has 0 amide bonds. The summed E-state index contributed by atoms with van der Waals surface area (Å²) < 4.78 is 70.9. The van der Waals surface area contributed by atoms with Crippen molar-refractivity contribution in [3.05, 3.63) is 70.0 Å². The number of alkyl halides is 3. The van der Waals surface area contributed by atoms with Crippen molar-refractivity contribution in [1.29, 1.82) is 0 Å². The van der Waals surface area contributed by atoms with Crippen molar-refractivity contribution in [3.8, 4) is 11.4 Å². The molecule has 0 aliphatic heterocycles. The maximum absolute atomic E-state index is 14.2. The normalized spacial score (nSPS) is 11.7. The van der Waals surface area contributed by atoms with E-state index in [0.29, 0.717) is 0 Å². The first-order valence-corrected chi connectivity index (χ1v) is 6.81. The molecule has 2 heterocycles. The van der Waals surface area contributed by atoms with E-state index in [1.54, 1.807) is 6.07 Å². The molecule has 3 rings (SSSR count). The van der Waals surface area contributed by atoms with Crippen LogP contribution in [0.1, 0.15) is 11.5 Å². The summed E-state index contributed by atoms with van der Waals surface area (Å²) in [5, 5.41) is 3.01. The Morgan fingerprint density at radius 1 is 1.08 bits per heavy atom. The molecule has 0 N–H and O–H groups in total. The molecule has 10 heteroatoms. The average Bonchev–Trinajstić information content (AvgIpc) is 3.04. The van der Waals surface area contributed by atoms with Crippen LogP contribution in [-0.2, 0) is 12.7 Å². The summed E-state index contributed by atoms with van der Waals surface area (Å²) in [6.07, 6.45) is -3.50. The molecule has 0 saturated heterocycles. The Labute approximate surface area is 136 Å². The van der Waals surface area contributed by atoms with Crippen molar-refractivity contribution < 1.29 is 26.5 Å². The summed E-state index contributed by atoms with van der Waals surface area (Å²) in [4.78, 5) is 14.6. The van der Waals surface area contributed by atoms with Crippen molar-refractivity contribution in [2.75, 3.05) is 0 Å². The molecule has 0 spiro atoms. The summed E-state index contributed by atoms with van der Waals surface area (Å²) >= 11 is 0. The second kappa shape index (κ2) is 6.11. The van der Waals surface area contributed by atoms with Crippen LogP contribution in [0.2, 0.25) is 0 Å². The van der Waals surface area contributed by atoms with Crippen molar-refractivity contribution in [2.45, 2.75) is 12.7 Å². The van der Waals surface area contributed by atoms with Gasteiger partial charge in [-0.25, -0.2) is 8.78 Å². The summed E-state index contributed by atoms with van der Waals surface area (Å²) in [6, 6.07) is 6.44. The Hall–Kier alpha value is -3.04. The maximum Gasteiger partial charge on any atom is 0.471 e. The zero-order valence-electron chi connectivity index (χ0n) is 12.2. The molecule has 0 aliphatic carbocycles. The van der Waals surface area contributed by atoms with Gasteiger partial charge in [-0.1, -0.05) is 17.3 Å². The van der Waals surface area contributed by atoms with Crippen molar-refractivity contribution in [1.82, 2.24) is 14.7 Å². The van der Waals surface area contributed by atoms with Gasteiger partial charge in [-0.05, 0) is 12.1 Å². The number of aromatic nitrogens is 3. The van der Waals surface area contributed by atoms with Gasteiger partial charge in [-0.15, -0.1) is 0 Å². The molecule has 3 aromatic rings. The summed E-state index contributed by atoms with van der Waals surface area (Å²) in [6.45, 7) is -0.247. The number of halogens is 5. The molecule has 0 aliphatic rings. The fraction of sp³-hybridized carbons (Fsp3) is 0.133. The number of hydrogen-bond donors (Lipinski definition) is 0. The van der Waals surface area contributed by atoms with Gasteiger partial charge in [0.1, 0.15) is 0 Å². The van der Waals surface area contributed by atoms with Crippen LogP contribution in [0.15, 0.2) is 45.8 Å². The summed E-state index contributed by atoms with van der Waals surface area (Å²) in [7, 11) is 0. The van der Waals surface area contributed by atoms with Crippen LogP contribution >= 0.6 is 0 Å². The van der Waals surface area contributed by atoms with E-state index in [-0.39, 0.29) is 12.1 Å². The molecule has 0 fully saturated rings. The zero-order chi connectivity index (χ0) is 18.2. The third-order valence-corrected chi connectivity index (χ3v) is 3.31. The van der Waals surface area contributed by atoms with Crippen LogP contribution in [0.4, 0.5) is 22.0 Å². The van der Waals surface area contributed by atoms with Gasteiger partial charge < -0.3 is 9.09 Å². The smallest absolute Gasteiger partial charge is 0.329 e. The topological polar surface area (TPSA) is 60.9 Å². The number of benzene rings is 1. The zero-order valence-corrected chi connectivity index (χ0v) is 12.2. The minimum Gasteiger partial charge on any atom is -0.329 e. The molecule has 5 nitrogen and oxygen atoms in total. The SMILES string of the molecule is O=c1ccccn1Cc1ccc(-c2noc(C(F)(F)F)n2)c(F)c1F. The summed E-state index contributed by atoms with van der Waals surface area (Å²) in [5.41, 5.74) is -1.16. The van der Waals surface area contributed by atoms with Gasteiger partial charge in [0.05, 0.1) is 12.1 Å². The Kier molecular flexibility index (Phi) is 4.11. The molecular formula is C15H8F5N3O2. The molecule has 2 aromatic heterocycles. The number of pyridine rings is 1. The Balaban J connectivity index is 1.97. The van der Waals surface area contributed by atoms with Gasteiger partial charge in [-0.2, -0.15) is 18.2 Å². The first-order chi connectivity index (χ1) is 11.8. The van der Waals surface area contributed by atoms with Gasteiger partial charge in [0.15, 0.2) is 11.6 Å². The number of rotatable bonds is 3. The van der Waals surface area contributed by atoms with E-state index in [2.05, 4.69) is 14.7 Å². The van der Waals surface area contributed by atoms with Crippen LogP contribution < -0.4 is 5.56 Å². The first-order valence-electron chi connectivity index (χ1n) is 6.81. The van der Waals surface area contributed by atoms with Gasteiger partial charge >= 0.3 is 12.1 Å². The maximum atomic E-state index is 14.2. The molecular weight excluding hydrogens is 349 g/mol. The van der Waals surface area contributed by atoms with E-state index in [9.17, 15) is 26.7 Å². The van der Waals surface area contributed by atoms with Gasteiger partial charge in [0, 0.05) is 17.8 Å². The lowest BCUT2D eigenvalue weighted by Gasteiger charge is -2.08. The van der Waals surface area contributed by atoms with Crippen LogP contribution in [0.5, 0.6) is 0 Å². The lowest BCUT2D eigenvalue weighted by Crippen LogP contribution is -2.19. The van der Waals surface area contributed by atoms with E-state index >= 15 is 0 Å². The quantitative estimate of drug-likeness (QED) is 0.675. The highest BCUT2D eigenvalue weighted by Crippen LogP contribution is 2.31. The summed E-state index contributed by atoms with van der Waals surface area (Å²) in [5.74, 6) is -5.14. The Morgan fingerprint density at radius 2 is 1.84 bits per heavy atom. The third kappa shape index (κ3) is 3.28. The molecule has 0 unspecified atom stereocenters. The average molecular weight is 357 g/mol. The molecule has 0 saturated carbocycles. The second-order valence-corrected chi connectivity index (χ2v) is 4.99. The molecule has 0 bridgehead atoms. The highest BCUT2D eigenvalue weighted by molar-refractivity contribution is 5.56. The van der Waals surface area contributed by atoms with Crippen LogP contribution in [0, 0.1) is 11.6 Å². The predicted molar refractivity (Wildman–Crippen MR) is 74.5 cm³/mol. The fourth-order valence-corrected chi connectivity index (χ4v) is 2.11. The number of nitrogens with zero attached hydrogens (tertiary/aromatic N) is 3. The first kappa shape index (κ1) is 16.8. The van der Waals surface area contributed by atoms with Crippen LogP contribution in [0.25, 0.3) is 11.4 Å². The minimum atomic E-state index is -4.89. The fourth-order valence-electron chi connectivity index (χ4n) is 2.11. The van der Waals surface area contributed by atoms with E-state index in [4.69, 9.17) is 0 Å². The predicted octanol–water partition coefficient (Wildman–Crippen LogP) is 3.24. The highest BCUT2D eigenvalue weighted by atomic mass is 19.4. The molecule has 1 aromatic carbocycles.